The van der Waals surface area contributed by atoms with Gasteiger partial charge in [0.15, 0.2) is 0 Å². The fourth-order valence-electron chi connectivity index (χ4n) is 2.35. The Labute approximate surface area is 133 Å². The number of nitrogens with zero attached hydrogens (tertiary/aromatic N) is 2. The van der Waals surface area contributed by atoms with Gasteiger partial charge < -0.3 is 4.42 Å². The topological polar surface area (TPSA) is 95.3 Å². The number of benzene rings is 2. The lowest BCUT2D eigenvalue weighted by Crippen LogP contribution is -2.33. The van der Waals surface area contributed by atoms with Crippen molar-refractivity contribution < 1.29 is 13.7 Å². The van der Waals surface area contributed by atoms with Crippen molar-refractivity contribution in [2.75, 3.05) is 0 Å². The van der Waals surface area contributed by atoms with Crippen LogP contribution in [-0.4, -0.2) is 9.49 Å². The second-order valence-corrected chi connectivity index (χ2v) is 5.14. The quantitative estimate of drug-likeness (QED) is 0.540. The first-order valence-corrected chi connectivity index (χ1v) is 7.02. The van der Waals surface area contributed by atoms with Gasteiger partial charge in [-0.1, -0.05) is 12.1 Å². The first-order valence-electron chi connectivity index (χ1n) is 7.02. The number of fused-ring (bicyclic) bond motifs is 1. The maximum absolute atomic E-state index is 12.9. The standard InChI is InChI=1S/C16H11FN2O5/c17-11-3-1-10(2-4-11)7-8-18-15(20)13-9-12(19(22)23)5-6-14(13)24-16(18)21/h1-6,9H,7-8H2. The first kappa shape index (κ1) is 15.6. The van der Waals surface area contributed by atoms with Gasteiger partial charge in [0, 0.05) is 18.7 Å². The maximum atomic E-state index is 12.9. The molecule has 1 heterocycles. The molecule has 0 aliphatic rings. The summed E-state index contributed by atoms with van der Waals surface area (Å²) in [6.07, 6.45) is 0.311. The number of nitro groups is 1. The van der Waals surface area contributed by atoms with E-state index in [1.54, 1.807) is 12.1 Å². The zero-order chi connectivity index (χ0) is 17.3. The van der Waals surface area contributed by atoms with Gasteiger partial charge in [-0.05, 0) is 30.2 Å². The van der Waals surface area contributed by atoms with E-state index in [9.17, 15) is 24.1 Å². The highest BCUT2D eigenvalue weighted by atomic mass is 19.1. The zero-order valence-corrected chi connectivity index (χ0v) is 12.3. The highest BCUT2D eigenvalue weighted by Gasteiger charge is 2.14. The average molecular weight is 330 g/mol. The fraction of sp³-hybridized carbons (Fsp3) is 0.125. The van der Waals surface area contributed by atoms with Crippen LogP contribution in [0.5, 0.6) is 0 Å². The highest BCUT2D eigenvalue weighted by Crippen LogP contribution is 2.17. The molecule has 3 rings (SSSR count). The second-order valence-electron chi connectivity index (χ2n) is 5.14. The summed E-state index contributed by atoms with van der Waals surface area (Å²) in [6.45, 7) is 0.0193. The molecule has 0 amide bonds. The van der Waals surface area contributed by atoms with Crippen LogP contribution in [-0.2, 0) is 13.0 Å². The summed E-state index contributed by atoms with van der Waals surface area (Å²) in [6, 6.07) is 9.12. The van der Waals surface area contributed by atoms with Crippen LogP contribution in [0.15, 0.2) is 56.5 Å². The minimum atomic E-state index is -0.844. The number of rotatable bonds is 4. The molecule has 0 fully saturated rings. The molecule has 0 spiro atoms. The van der Waals surface area contributed by atoms with E-state index in [1.165, 1.54) is 18.2 Å². The molecule has 0 unspecified atom stereocenters. The first-order chi connectivity index (χ1) is 11.5. The molecule has 0 bridgehead atoms. The number of hydrogen-bond acceptors (Lipinski definition) is 5. The highest BCUT2D eigenvalue weighted by molar-refractivity contribution is 5.78. The van der Waals surface area contributed by atoms with Crippen molar-refractivity contribution in [1.29, 1.82) is 0 Å². The largest absolute Gasteiger partial charge is 0.422 e. The Morgan fingerprint density at radius 3 is 2.50 bits per heavy atom. The van der Waals surface area contributed by atoms with Crippen LogP contribution in [0.4, 0.5) is 10.1 Å². The molecule has 0 aliphatic carbocycles. The van der Waals surface area contributed by atoms with E-state index in [0.29, 0.717) is 6.42 Å². The van der Waals surface area contributed by atoms with E-state index in [2.05, 4.69) is 0 Å². The minimum absolute atomic E-state index is 0.00590. The summed E-state index contributed by atoms with van der Waals surface area (Å²) in [5, 5.41) is 10.8. The van der Waals surface area contributed by atoms with E-state index < -0.39 is 16.2 Å². The normalized spacial score (nSPS) is 10.9. The average Bonchev–Trinajstić information content (AvgIpc) is 2.56. The Kier molecular flexibility index (Phi) is 3.95. The van der Waals surface area contributed by atoms with Gasteiger partial charge in [-0.3, -0.25) is 14.9 Å². The molecule has 0 aliphatic heterocycles. The van der Waals surface area contributed by atoms with E-state index in [0.717, 1.165) is 22.3 Å². The molecule has 3 aromatic rings. The van der Waals surface area contributed by atoms with Gasteiger partial charge in [-0.2, -0.15) is 0 Å². The van der Waals surface area contributed by atoms with Crippen molar-refractivity contribution in [1.82, 2.24) is 4.57 Å². The Morgan fingerprint density at radius 2 is 1.83 bits per heavy atom. The van der Waals surface area contributed by atoms with Crippen LogP contribution < -0.4 is 11.3 Å². The third kappa shape index (κ3) is 2.94. The molecule has 0 radical (unpaired) electrons. The lowest BCUT2D eigenvalue weighted by molar-refractivity contribution is -0.384. The second kappa shape index (κ2) is 6.07. The molecule has 1 aromatic heterocycles. The van der Waals surface area contributed by atoms with Crippen molar-refractivity contribution in [3.05, 3.63) is 84.9 Å². The predicted molar refractivity (Wildman–Crippen MR) is 83.5 cm³/mol. The van der Waals surface area contributed by atoms with E-state index in [1.807, 2.05) is 0 Å². The van der Waals surface area contributed by atoms with Gasteiger partial charge in [-0.15, -0.1) is 0 Å². The lowest BCUT2D eigenvalue weighted by Gasteiger charge is -2.05. The summed E-state index contributed by atoms with van der Waals surface area (Å²) >= 11 is 0. The minimum Gasteiger partial charge on any atom is -0.409 e. The number of halogens is 1. The van der Waals surface area contributed by atoms with Crippen LogP contribution in [0.25, 0.3) is 11.0 Å². The van der Waals surface area contributed by atoms with Gasteiger partial charge in [0.2, 0.25) is 0 Å². The molecule has 2 aromatic carbocycles. The lowest BCUT2D eigenvalue weighted by atomic mass is 10.1. The molecule has 0 saturated heterocycles. The Balaban J connectivity index is 2.00. The molecule has 7 nitrogen and oxygen atoms in total. The van der Waals surface area contributed by atoms with E-state index >= 15 is 0 Å². The number of non-ortho nitro benzene ring substituents is 1. The summed E-state index contributed by atoms with van der Waals surface area (Å²) in [4.78, 5) is 34.6. The smallest absolute Gasteiger partial charge is 0.409 e. The monoisotopic (exact) mass is 330 g/mol. The molecule has 0 N–H and O–H groups in total. The summed E-state index contributed by atoms with van der Waals surface area (Å²) in [5.74, 6) is -1.23. The molecular formula is C16H11FN2O5. The van der Waals surface area contributed by atoms with Gasteiger partial charge in [0.25, 0.3) is 11.2 Å². The summed E-state index contributed by atoms with van der Waals surface area (Å²) in [7, 11) is 0. The molecular weight excluding hydrogens is 319 g/mol. The Bertz CT molecular complexity index is 1040. The van der Waals surface area contributed by atoms with Gasteiger partial charge in [-0.25, -0.2) is 13.8 Å². The molecule has 8 heteroatoms. The SMILES string of the molecule is O=c1oc2ccc([N+](=O)[O-])cc2c(=O)n1CCc1ccc(F)cc1. The summed E-state index contributed by atoms with van der Waals surface area (Å²) < 4.78 is 18.8. The molecule has 0 atom stereocenters. The van der Waals surface area contributed by atoms with Crippen molar-refractivity contribution in [2.45, 2.75) is 13.0 Å². The summed E-state index contributed by atoms with van der Waals surface area (Å²) in [5.41, 5.74) is -0.193. The van der Waals surface area contributed by atoms with Crippen LogP contribution in [0.1, 0.15) is 5.56 Å². The Morgan fingerprint density at radius 1 is 1.12 bits per heavy atom. The van der Waals surface area contributed by atoms with Gasteiger partial charge in [0.05, 0.1) is 10.3 Å². The fourth-order valence-corrected chi connectivity index (χ4v) is 2.35. The van der Waals surface area contributed by atoms with Crippen molar-refractivity contribution in [2.24, 2.45) is 0 Å². The third-order valence-electron chi connectivity index (χ3n) is 3.60. The van der Waals surface area contributed by atoms with E-state index in [-0.39, 0.29) is 29.0 Å². The van der Waals surface area contributed by atoms with Gasteiger partial charge >= 0.3 is 5.76 Å². The third-order valence-corrected chi connectivity index (χ3v) is 3.60. The van der Waals surface area contributed by atoms with E-state index in [4.69, 9.17) is 4.42 Å². The van der Waals surface area contributed by atoms with Gasteiger partial charge in [0.1, 0.15) is 11.4 Å². The van der Waals surface area contributed by atoms with Crippen LogP contribution in [0, 0.1) is 15.9 Å². The van der Waals surface area contributed by atoms with Crippen LogP contribution >= 0.6 is 0 Å². The number of aryl methyl sites for hydroxylation is 1. The Hall–Kier alpha value is -3.29. The zero-order valence-electron chi connectivity index (χ0n) is 12.3. The number of nitro benzene ring substituents is 1. The van der Waals surface area contributed by atoms with Crippen molar-refractivity contribution in [3.8, 4) is 0 Å². The molecule has 24 heavy (non-hydrogen) atoms. The maximum Gasteiger partial charge on any atom is 0.422 e. The van der Waals surface area contributed by atoms with Crippen LogP contribution in [0.2, 0.25) is 0 Å². The van der Waals surface area contributed by atoms with Crippen molar-refractivity contribution in [3.63, 3.8) is 0 Å². The van der Waals surface area contributed by atoms with Crippen LogP contribution in [0.3, 0.4) is 0 Å². The number of aromatic nitrogens is 1. The molecule has 0 saturated carbocycles. The predicted octanol–water partition coefficient (Wildman–Crippen LogP) is 2.24. The van der Waals surface area contributed by atoms with Crippen molar-refractivity contribution >= 4 is 16.7 Å². The number of hydrogen-bond donors (Lipinski definition) is 0. The molecule has 122 valence electrons.